The van der Waals surface area contributed by atoms with Crippen molar-refractivity contribution in [2.75, 3.05) is 44.2 Å². The summed E-state index contributed by atoms with van der Waals surface area (Å²) < 4.78 is 33.5. The Kier molecular flexibility index (Phi) is 6.07. The fourth-order valence-corrected chi connectivity index (χ4v) is 6.25. The highest BCUT2D eigenvalue weighted by atomic mass is 32.2. The van der Waals surface area contributed by atoms with Gasteiger partial charge in [0.15, 0.2) is 5.58 Å². The Morgan fingerprint density at radius 1 is 0.941 bits per heavy atom. The van der Waals surface area contributed by atoms with Gasteiger partial charge in [-0.25, -0.2) is 8.42 Å². The summed E-state index contributed by atoms with van der Waals surface area (Å²) in [5.41, 5.74) is 3.63. The lowest BCUT2D eigenvalue weighted by Crippen LogP contribution is -2.52. The van der Waals surface area contributed by atoms with Crippen LogP contribution in [0, 0.1) is 19.8 Å². The quantitative estimate of drug-likeness (QED) is 0.568. The van der Waals surface area contributed by atoms with Crippen molar-refractivity contribution in [1.29, 1.82) is 0 Å². The molecule has 0 atom stereocenters. The third-order valence-corrected chi connectivity index (χ3v) is 8.96. The molecule has 1 aromatic heterocycles. The Balaban J connectivity index is 1.16. The predicted octanol–water partition coefficient (Wildman–Crippen LogP) is 3.19. The van der Waals surface area contributed by atoms with Crippen molar-refractivity contribution in [1.82, 2.24) is 14.2 Å². The SMILES string of the molecule is Cc1ccc(S(=O)(=O)N2CCN(C(=O)C3CCN(c4nc5ccccc5o4)CC3)CC2)cc1C. The summed E-state index contributed by atoms with van der Waals surface area (Å²) in [4.78, 5) is 22.0. The van der Waals surface area contributed by atoms with Gasteiger partial charge in [-0.2, -0.15) is 9.29 Å². The average molecular weight is 483 g/mol. The van der Waals surface area contributed by atoms with Gasteiger partial charge in [0.1, 0.15) is 5.52 Å². The van der Waals surface area contributed by atoms with Crippen LogP contribution in [0.3, 0.4) is 0 Å². The minimum absolute atomic E-state index is 0.0523. The second-order valence-corrected chi connectivity index (χ2v) is 11.1. The van der Waals surface area contributed by atoms with E-state index in [9.17, 15) is 13.2 Å². The molecular formula is C25H30N4O4S. The van der Waals surface area contributed by atoms with Gasteiger partial charge in [0.25, 0.3) is 6.01 Å². The number of fused-ring (bicyclic) bond motifs is 1. The number of amides is 1. The summed E-state index contributed by atoms with van der Waals surface area (Å²) in [6.07, 6.45) is 1.47. The smallest absolute Gasteiger partial charge is 0.298 e. The lowest BCUT2D eigenvalue weighted by molar-refractivity contribution is -0.137. The van der Waals surface area contributed by atoms with Crippen molar-refractivity contribution in [2.24, 2.45) is 5.92 Å². The monoisotopic (exact) mass is 482 g/mol. The molecular weight excluding hydrogens is 452 g/mol. The molecule has 9 heteroatoms. The molecule has 0 spiro atoms. The van der Waals surface area contributed by atoms with E-state index >= 15 is 0 Å². The molecule has 3 heterocycles. The summed E-state index contributed by atoms with van der Waals surface area (Å²) in [5.74, 6) is 0.0731. The van der Waals surface area contributed by atoms with Gasteiger partial charge in [0.05, 0.1) is 4.90 Å². The maximum absolute atomic E-state index is 13.1. The van der Waals surface area contributed by atoms with Crippen molar-refractivity contribution in [3.05, 3.63) is 53.6 Å². The maximum atomic E-state index is 13.1. The van der Waals surface area contributed by atoms with E-state index in [1.54, 1.807) is 12.1 Å². The van der Waals surface area contributed by atoms with E-state index in [4.69, 9.17) is 4.42 Å². The molecule has 0 aliphatic carbocycles. The molecule has 0 N–H and O–H groups in total. The van der Waals surface area contributed by atoms with Crippen molar-refractivity contribution < 1.29 is 17.6 Å². The first kappa shape index (κ1) is 22.9. The third kappa shape index (κ3) is 4.30. The first-order valence-corrected chi connectivity index (χ1v) is 13.2. The van der Waals surface area contributed by atoms with E-state index in [-0.39, 0.29) is 11.8 Å². The molecule has 2 saturated heterocycles. The topological polar surface area (TPSA) is 87.0 Å². The molecule has 1 amide bonds. The lowest BCUT2D eigenvalue weighted by Gasteiger charge is -2.37. The van der Waals surface area contributed by atoms with Crippen LogP contribution < -0.4 is 4.90 Å². The lowest BCUT2D eigenvalue weighted by atomic mass is 9.95. The molecule has 0 saturated carbocycles. The molecule has 0 unspecified atom stereocenters. The zero-order chi connectivity index (χ0) is 23.9. The molecule has 2 aromatic carbocycles. The van der Waals surface area contributed by atoms with Crippen LogP contribution in [0.25, 0.3) is 11.1 Å². The van der Waals surface area contributed by atoms with Gasteiger partial charge in [0, 0.05) is 45.2 Å². The number of rotatable bonds is 4. The van der Waals surface area contributed by atoms with Gasteiger partial charge in [0.2, 0.25) is 15.9 Å². The number of aryl methyl sites for hydroxylation is 2. The highest BCUT2D eigenvalue weighted by molar-refractivity contribution is 7.89. The number of aromatic nitrogens is 1. The number of benzene rings is 2. The van der Waals surface area contributed by atoms with Crippen LogP contribution in [0.5, 0.6) is 0 Å². The molecule has 3 aromatic rings. The first-order valence-electron chi connectivity index (χ1n) is 11.8. The predicted molar refractivity (Wildman–Crippen MR) is 130 cm³/mol. The average Bonchev–Trinajstić information content (AvgIpc) is 3.30. The Morgan fingerprint density at radius 3 is 2.32 bits per heavy atom. The maximum Gasteiger partial charge on any atom is 0.298 e. The molecule has 180 valence electrons. The molecule has 2 aliphatic heterocycles. The highest BCUT2D eigenvalue weighted by Crippen LogP contribution is 2.28. The Labute approximate surface area is 200 Å². The number of carbonyl (C=O) groups is 1. The fraction of sp³-hybridized carbons (Fsp3) is 0.440. The van der Waals surface area contributed by atoms with Crippen molar-refractivity contribution in [3.63, 3.8) is 0 Å². The van der Waals surface area contributed by atoms with Crippen LogP contribution >= 0.6 is 0 Å². The standard InChI is InChI=1S/C25H30N4O4S/c1-18-7-8-21(17-19(18)2)34(31,32)29-15-13-27(14-16-29)24(30)20-9-11-28(12-10-20)25-26-22-5-3-4-6-23(22)33-25/h3-8,17,20H,9-16H2,1-2H3. The van der Waals surface area contributed by atoms with Gasteiger partial charge < -0.3 is 14.2 Å². The zero-order valence-corrected chi connectivity index (χ0v) is 20.4. The van der Waals surface area contributed by atoms with E-state index in [0.29, 0.717) is 50.2 Å². The van der Waals surface area contributed by atoms with Gasteiger partial charge in [-0.3, -0.25) is 4.79 Å². The molecule has 2 fully saturated rings. The number of anilines is 1. The number of piperidine rings is 1. The second kappa shape index (κ2) is 9.03. The van der Waals surface area contributed by atoms with E-state index in [1.165, 1.54) is 4.31 Å². The number of hydrogen-bond acceptors (Lipinski definition) is 6. The van der Waals surface area contributed by atoms with E-state index in [0.717, 1.165) is 35.1 Å². The number of nitrogens with zero attached hydrogens (tertiary/aromatic N) is 4. The van der Waals surface area contributed by atoms with Crippen LogP contribution in [0.4, 0.5) is 6.01 Å². The van der Waals surface area contributed by atoms with Crippen molar-refractivity contribution >= 4 is 33.0 Å². The summed E-state index contributed by atoms with van der Waals surface area (Å²) in [7, 11) is -3.55. The Bertz CT molecular complexity index is 1270. The highest BCUT2D eigenvalue weighted by Gasteiger charge is 2.34. The second-order valence-electron chi connectivity index (χ2n) is 9.20. The summed E-state index contributed by atoms with van der Waals surface area (Å²) in [6, 6.07) is 13.5. The van der Waals surface area contributed by atoms with Gasteiger partial charge >= 0.3 is 0 Å². The number of oxazole rings is 1. The fourth-order valence-electron chi connectivity index (χ4n) is 4.74. The van der Waals surface area contributed by atoms with Crippen LogP contribution in [-0.2, 0) is 14.8 Å². The van der Waals surface area contributed by atoms with Crippen LogP contribution in [0.2, 0.25) is 0 Å². The molecule has 34 heavy (non-hydrogen) atoms. The number of para-hydroxylation sites is 2. The molecule has 0 radical (unpaired) electrons. The normalized spacial score (nSPS) is 18.5. The zero-order valence-electron chi connectivity index (χ0n) is 19.6. The van der Waals surface area contributed by atoms with Gasteiger partial charge in [-0.05, 0) is 62.1 Å². The van der Waals surface area contributed by atoms with E-state index in [1.807, 2.05) is 49.1 Å². The van der Waals surface area contributed by atoms with E-state index < -0.39 is 10.0 Å². The van der Waals surface area contributed by atoms with E-state index in [2.05, 4.69) is 9.88 Å². The first-order chi connectivity index (χ1) is 16.3. The minimum atomic E-state index is -3.55. The largest absolute Gasteiger partial charge is 0.423 e. The number of piperazine rings is 1. The number of carbonyl (C=O) groups excluding carboxylic acids is 1. The van der Waals surface area contributed by atoms with Crippen LogP contribution in [-0.4, -0.2) is 67.8 Å². The van der Waals surface area contributed by atoms with Crippen LogP contribution in [0.1, 0.15) is 24.0 Å². The summed E-state index contributed by atoms with van der Waals surface area (Å²) in [6.45, 7) is 6.80. The number of hydrogen-bond donors (Lipinski definition) is 0. The third-order valence-electron chi connectivity index (χ3n) is 7.06. The molecule has 2 aliphatic rings. The molecule has 8 nitrogen and oxygen atoms in total. The van der Waals surface area contributed by atoms with Crippen LogP contribution in [0.15, 0.2) is 51.8 Å². The van der Waals surface area contributed by atoms with Gasteiger partial charge in [-0.15, -0.1) is 0 Å². The Hall–Kier alpha value is -2.91. The van der Waals surface area contributed by atoms with Crippen molar-refractivity contribution in [3.8, 4) is 0 Å². The Morgan fingerprint density at radius 2 is 1.65 bits per heavy atom. The van der Waals surface area contributed by atoms with Gasteiger partial charge in [-0.1, -0.05) is 18.2 Å². The van der Waals surface area contributed by atoms with Crippen molar-refractivity contribution in [2.45, 2.75) is 31.6 Å². The molecule has 5 rings (SSSR count). The molecule has 0 bridgehead atoms. The summed E-state index contributed by atoms with van der Waals surface area (Å²) in [5, 5.41) is 0. The minimum Gasteiger partial charge on any atom is -0.423 e. The summed E-state index contributed by atoms with van der Waals surface area (Å²) >= 11 is 0. The number of sulfonamides is 1.